The van der Waals surface area contributed by atoms with Crippen LogP contribution in [0.25, 0.3) is 6.08 Å². The Hall–Kier alpha value is -3.06. The monoisotopic (exact) mass is 306 g/mol. The van der Waals surface area contributed by atoms with Crippen LogP contribution in [-0.2, 0) is 4.79 Å². The SMILES string of the molecule is COc1ccccc1C=C(C#N)C(=O)Nc1cc(C)cc(C)c1. The largest absolute Gasteiger partial charge is 0.496 e. The minimum Gasteiger partial charge on any atom is -0.496 e. The molecule has 0 saturated heterocycles. The number of rotatable bonds is 4. The summed E-state index contributed by atoms with van der Waals surface area (Å²) < 4.78 is 5.23. The number of methoxy groups -OCH3 is 1. The highest BCUT2D eigenvalue weighted by molar-refractivity contribution is 6.09. The Bertz CT molecular complexity index is 781. The Morgan fingerprint density at radius 3 is 2.43 bits per heavy atom. The zero-order chi connectivity index (χ0) is 16.8. The number of nitriles is 1. The van der Waals surface area contributed by atoms with Gasteiger partial charge >= 0.3 is 0 Å². The van der Waals surface area contributed by atoms with Gasteiger partial charge in [0.2, 0.25) is 0 Å². The molecule has 0 bridgehead atoms. The molecule has 0 spiro atoms. The maximum atomic E-state index is 12.3. The number of para-hydroxylation sites is 1. The predicted octanol–water partition coefficient (Wildman–Crippen LogP) is 3.86. The van der Waals surface area contributed by atoms with Crippen LogP contribution >= 0.6 is 0 Å². The molecule has 0 aliphatic heterocycles. The summed E-state index contributed by atoms with van der Waals surface area (Å²) in [6.07, 6.45) is 1.52. The van der Waals surface area contributed by atoms with E-state index in [2.05, 4.69) is 5.32 Å². The van der Waals surface area contributed by atoms with Crippen molar-refractivity contribution in [3.63, 3.8) is 0 Å². The summed E-state index contributed by atoms with van der Waals surface area (Å²) in [6, 6.07) is 14.9. The first-order valence-corrected chi connectivity index (χ1v) is 7.18. The summed E-state index contributed by atoms with van der Waals surface area (Å²) in [4.78, 5) is 12.3. The third kappa shape index (κ3) is 4.21. The van der Waals surface area contributed by atoms with Crippen molar-refractivity contribution in [2.24, 2.45) is 0 Å². The molecular formula is C19H18N2O2. The number of anilines is 1. The van der Waals surface area contributed by atoms with Crippen molar-refractivity contribution in [1.82, 2.24) is 0 Å². The molecule has 23 heavy (non-hydrogen) atoms. The Morgan fingerprint density at radius 2 is 1.83 bits per heavy atom. The predicted molar refractivity (Wildman–Crippen MR) is 91.1 cm³/mol. The second-order valence-electron chi connectivity index (χ2n) is 5.24. The van der Waals surface area contributed by atoms with Crippen LogP contribution in [-0.4, -0.2) is 13.0 Å². The fraction of sp³-hybridized carbons (Fsp3) is 0.158. The second-order valence-corrected chi connectivity index (χ2v) is 5.24. The number of hydrogen-bond acceptors (Lipinski definition) is 3. The van der Waals surface area contributed by atoms with Crippen molar-refractivity contribution in [2.75, 3.05) is 12.4 Å². The van der Waals surface area contributed by atoms with Gasteiger partial charge in [0.1, 0.15) is 17.4 Å². The van der Waals surface area contributed by atoms with Gasteiger partial charge in [0.15, 0.2) is 0 Å². The molecule has 2 aromatic rings. The van der Waals surface area contributed by atoms with Crippen LogP contribution in [0.15, 0.2) is 48.0 Å². The number of ether oxygens (including phenoxy) is 1. The zero-order valence-electron chi connectivity index (χ0n) is 13.4. The molecule has 1 N–H and O–H groups in total. The summed E-state index contributed by atoms with van der Waals surface area (Å²) in [5, 5.41) is 12.1. The van der Waals surface area contributed by atoms with Gasteiger partial charge in [0, 0.05) is 11.3 Å². The Morgan fingerprint density at radius 1 is 1.17 bits per heavy atom. The topological polar surface area (TPSA) is 62.1 Å². The van der Waals surface area contributed by atoms with E-state index in [9.17, 15) is 10.1 Å². The molecule has 0 aliphatic carbocycles. The average molecular weight is 306 g/mol. The molecule has 0 unspecified atom stereocenters. The summed E-state index contributed by atoms with van der Waals surface area (Å²) in [5.74, 6) is 0.169. The Labute approximate surface area is 136 Å². The molecule has 0 aromatic heterocycles. The van der Waals surface area contributed by atoms with Crippen molar-refractivity contribution in [1.29, 1.82) is 5.26 Å². The van der Waals surface area contributed by atoms with Crippen LogP contribution in [0.4, 0.5) is 5.69 Å². The fourth-order valence-electron chi connectivity index (χ4n) is 2.34. The van der Waals surface area contributed by atoms with E-state index in [-0.39, 0.29) is 5.57 Å². The molecule has 2 aromatic carbocycles. The van der Waals surface area contributed by atoms with Crippen LogP contribution in [0.3, 0.4) is 0 Å². The van der Waals surface area contributed by atoms with E-state index in [1.54, 1.807) is 19.2 Å². The first kappa shape index (κ1) is 16.3. The van der Waals surface area contributed by atoms with Gasteiger partial charge in [-0.25, -0.2) is 0 Å². The second kappa shape index (κ2) is 7.28. The molecule has 1 amide bonds. The maximum Gasteiger partial charge on any atom is 0.266 e. The molecule has 0 heterocycles. The first-order chi connectivity index (χ1) is 11.0. The van der Waals surface area contributed by atoms with Crippen molar-refractivity contribution in [3.05, 3.63) is 64.7 Å². The third-order valence-corrected chi connectivity index (χ3v) is 3.28. The van der Waals surface area contributed by atoms with Gasteiger partial charge in [-0.05, 0) is 49.2 Å². The minimum atomic E-state index is -0.441. The van der Waals surface area contributed by atoms with Gasteiger partial charge in [0.05, 0.1) is 7.11 Å². The number of hydrogen-bond donors (Lipinski definition) is 1. The number of nitrogens with zero attached hydrogens (tertiary/aromatic N) is 1. The first-order valence-electron chi connectivity index (χ1n) is 7.18. The van der Waals surface area contributed by atoms with Gasteiger partial charge < -0.3 is 10.1 Å². The van der Waals surface area contributed by atoms with Crippen molar-refractivity contribution in [2.45, 2.75) is 13.8 Å². The molecule has 4 heteroatoms. The summed E-state index contributed by atoms with van der Waals surface area (Å²) in [6.45, 7) is 3.91. The van der Waals surface area contributed by atoms with E-state index < -0.39 is 5.91 Å². The van der Waals surface area contributed by atoms with Gasteiger partial charge in [-0.1, -0.05) is 24.3 Å². The Balaban J connectivity index is 2.28. The molecular weight excluding hydrogens is 288 g/mol. The number of carbonyl (C=O) groups excluding carboxylic acids is 1. The number of carbonyl (C=O) groups is 1. The molecule has 0 fully saturated rings. The highest BCUT2D eigenvalue weighted by Gasteiger charge is 2.11. The van der Waals surface area contributed by atoms with Gasteiger partial charge in [-0.15, -0.1) is 0 Å². The molecule has 0 saturated carbocycles. The van der Waals surface area contributed by atoms with Crippen LogP contribution in [0.2, 0.25) is 0 Å². The van der Waals surface area contributed by atoms with Gasteiger partial charge in [-0.3, -0.25) is 4.79 Å². The van der Waals surface area contributed by atoms with Gasteiger partial charge in [0.25, 0.3) is 5.91 Å². The highest BCUT2D eigenvalue weighted by Crippen LogP contribution is 2.21. The summed E-state index contributed by atoms with van der Waals surface area (Å²) in [7, 11) is 1.55. The van der Waals surface area contributed by atoms with Crippen LogP contribution in [0.5, 0.6) is 5.75 Å². The quantitative estimate of drug-likeness (QED) is 0.689. The highest BCUT2D eigenvalue weighted by atomic mass is 16.5. The molecule has 116 valence electrons. The van der Waals surface area contributed by atoms with Crippen molar-refractivity contribution < 1.29 is 9.53 Å². The van der Waals surface area contributed by atoms with Crippen molar-refractivity contribution in [3.8, 4) is 11.8 Å². The molecule has 0 atom stereocenters. The number of aryl methyl sites for hydroxylation is 2. The Kier molecular flexibility index (Phi) is 5.16. The minimum absolute atomic E-state index is 0.0219. The molecule has 2 rings (SSSR count). The lowest BCUT2D eigenvalue weighted by atomic mass is 10.1. The van der Waals surface area contributed by atoms with E-state index in [1.165, 1.54) is 6.08 Å². The number of nitrogens with one attached hydrogen (secondary N) is 1. The van der Waals surface area contributed by atoms with E-state index >= 15 is 0 Å². The normalized spacial score (nSPS) is 10.8. The lowest BCUT2D eigenvalue weighted by molar-refractivity contribution is -0.112. The van der Waals surface area contributed by atoms with Crippen LogP contribution in [0.1, 0.15) is 16.7 Å². The van der Waals surface area contributed by atoms with E-state index in [1.807, 2.05) is 50.2 Å². The van der Waals surface area contributed by atoms with Crippen LogP contribution in [0, 0.1) is 25.2 Å². The lowest BCUT2D eigenvalue weighted by Gasteiger charge is -2.08. The maximum absolute atomic E-state index is 12.3. The standard InChI is InChI=1S/C19H18N2O2/c1-13-8-14(2)10-17(9-13)21-19(22)16(12-20)11-15-6-4-5-7-18(15)23-3/h4-11H,1-3H3,(H,21,22). The summed E-state index contributed by atoms with van der Waals surface area (Å²) >= 11 is 0. The van der Waals surface area contributed by atoms with E-state index in [0.717, 1.165) is 11.1 Å². The summed E-state index contributed by atoms with van der Waals surface area (Å²) in [5.41, 5.74) is 3.48. The lowest BCUT2D eigenvalue weighted by Crippen LogP contribution is -2.13. The smallest absolute Gasteiger partial charge is 0.266 e. The molecule has 0 aliphatic rings. The zero-order valence-corrected chi connectivity index (χ0v) is 13.4. The van der Waals surface area contributed by atoms with Gasteiger partial charge in [-0.2, -0.15) is 5.26 Å². The van der Waals surface area contributed by atoms with Crippen LogP contribution < -0.4 is 10.1 Å². The number of amides is 1. The molecule has 4 nitrogen and oxygen atoms in total. The molecule has 0 radical (unpaired) electrons. The van der Waals surface area contributed by atoms with E-state index in [0.29, 0.717) is 17.0 Å². The van der Waals surface area contributed by atoms with Crippen molar-refractivity contribution >= 4 is 17.7 Å². The average Bonchev–Trinajstić information content (AvgIpc) is 2.51. The third-order valence-electron chi connectivity index (χ3n) is 3.28. The fourth-order valence-corrected chi connectivity index (χ4v) is 2.34. The number of benzene rings is 2. The van der Waals surface area contributed by atoms with E-state index in [4.69, 9.17) is 4.74 Å².